The third-order valence-corrected chi connectivity index (χ3v) is 9.25. The predicted octanol–water partition coefficient (Wildman–Crippen LogP) is 2.89. The van der Waals surface area contributed by atoms with Crippen LogP contribution in [0.5, 0.6) is 0 Å². The lowest BCUT2D eigenvalue weighted by Gasteiger charge is -2.41. The number of sulfonamides is 1. The highest BCUT2D eigenvalue weighted by molar-refractivity contribution is 7.92. The van der Waals surface area contributed by atoms with Gasteiger partial charge in [-0.1, -0.05) is 48.5 Å². The lowest BCUT2D eigenvalue weighted by Crippen LogP contribution is -2.60. The van der Waals surface area contributed by atoms with Crippen molar-refractivity contribution in [2.75, 3.05) is 36.8 Å². The molecule has 0 radical (unpaired) electrons. The Morgan fingerprint density at radius 3 is 2.28 bits per heavy atom. The van der Waals surface area contributed by atoms with Crippen LogP contribution in [-0.4, -0.2) is 75.0 Å². The van der Waals surface area contributed by atoms with E-state index in [1.165, 1.54) is 23.6 Å². The Morgan fingerprint density at radius 1 is 1.02 bits per heavy atom. The normalized spacial score (nSPS) is 17.4. The molecular formula is C32H42N4O6S. The largest absolute Gasteiger partial charge is 0.375 e. The summed E-state index contributed by atoms with van der Waals surface area (Å²) in [5.74, 6) is -0.808. The van der Waals surface area contributed by atoms with Gasteiger partial charge in [0.25, 0.3) is 0 Å². The van der Waals surface area contributed by atoms with Gasteiger partial charge in [-0.3, -0.25) is 18.7 Å². The number of benzene rings is 2. The lowest BCUT2D eigenvalue weighted by molar-refractivity contribution is -0.141. The number of carbonyl (C=O) groups is 3. The first kappa shape index (κ1) is 32.2. The molecule has 232 valence electrons. The predicted molar refractivity (Wildman–Crippen MR) is 166 cm³/mol. The maximum Gasteiger partial charge on any atom is 0.247 e. The quantitative estimate of drug-likeness (QED) is 0.375. The van der Waals surface area contributed by atoms with Gasteiger partial charge in [0.15, 0.2) is 5.78 Å². The third kappa shape index (κ3) is 7.64. The lowest BCUT2D eigenvalue weighted by atomic mass is 9.74. The Hall–Kier alpha value is -3.70. The molecule has 2 aromatic carbocycles. The highest BCUT2D eigenvalue weighted by atomic mass is 32.2. The summed E-state index contributed by atoms with van der Waals surface area (Å²) in [6.07, 6.45) is 3.82. The molecule has 10 nitrogen and oxygen atoms in total. The van der Waals surface area contributed by atoms with Crippen molar-refractivity contribution in [3.63, 3.8) is 0 Å². The topological polar surface area (TPSA) is 125 Å². The average molecular weight is 611 g/mol. The van der Waals surface area contributed by atoms with Crippen molar-refractivity contribution in [3.05, 3.63) is 77.5 Å². The molecule has 2 heterocycles. The van der Waals surface area contributed by atoms with E-state index in [4.69, 9.17) is 4.74 Å². The SMILES string of the molecule is CC(=O)/C=C(/C)NC(C)(C)C(=O)NC(COCc1ccccc1)C(=O)N1CCC2(CC1)CN(S(C)(=O)=O)c1ccccc12. The molecule has 1 saturated heterocycles. The van der Waals surface area contributed by atoms with Gasteiger partial charge in [0.05, 0.1) is 25.2 Å². The van der Waals surface area contributed by atoms with Gasteiger partial charge in [-0.15, -0.1) is 0 Å². The summed E-state index contributed by atoms with van der Waals surface area (Å²) in [6, 6.07) is 16.2. The van der Waals surface area contributed by atoms with Crippen LogP contribution in [0.25, 0.3) is 0 Å². The molecule has 4 rings (SSSR count). The first-order valence-electron chi connectivity index (χ1n) is 14.5. The zero-order valence-electron chi connectivity index (χ0n) is 25.6. The molecule has 1 unspecified atom stereocenters. The van der Waals surface area contributed by atoms with Crippen LogP contribution in [0.3, 0.4) is 0 Å². The fourth-order valence-corrected chi connectivity index (χ4v) is 6.95. The Balaban J connectivity index is 1.48. The molecule has 0 aliphatic carbocycles. The second-order valence-electron chi connectivity index (χ2n) is 12.1. The Labute approximate surface area is 254 Å². The number of carbonyl (C=O) groups excluding carboxylic acids is 3. The number of ether oxygens (including phenoxy) is 1. The molecule has 2 aliphatic heterocycles. The molecule has 2 aromatic rings. The second-order valence-corrected chi connectivity index (χ2v) is 14.0. The van der Waals surface area contributed by atoms with Gasteiger partial charge in [-0.2, -0.15) is 0 Å². The summed E-state index contributed by atoms with van der Waals surface area (Å²) in [4.78, 5) is 40.5. The fourth-order valence-electron chi connectivity index (χ4n) is 5.96. The van der Waals surface area contributed by atoms with Gasteiger partial charge < -0.3 is 20.3 Å². The molecule has 1 atom stereocenters. The molecule has 2 aliphatic rings. The van der Waals surface area contributed by atoms with Crippen molar-refractivity contribution >= 4 is 33.3 Å². The number of nitrogens with zero attached hydrogens (tertiary/aromatic N) is 2. The van der Waals surface area contributed by atoms with Gasteiger partial charge >= 0.3 is 0 Å². The van der Waals surface area contributed by atoms with Gasteiger partial charge in [0.1, 0.15) is 11.6 Å². The van der Waals surface area contributed by atoms with Crippen molar-refractivity contribution in [3.8, 4) is 0 Å². The molecule has 11 heteroatoms. The summed E-state index contributed by atoms with van der Waals surface area (Å²) in [7, 11) is -3.45. The number of allylic oxidation sites excluding steroid dienone is 2. The van der Waals surface area contributed by atoms with E-state index in [1.54, 1.807) is 25.7 Å². The van der Waals surface area contributed by atoms with Crippen LogP contribution in [-0.2, 0) is 41.2 Å². The van der Waals surface area contributed by atoms with Gasteiger partial charge in [0.2, 0.25) is 21.8 Å². The minimum atomic E-state index is -3.45. The number of fused-ring (bicyclic) bond motifs is 2. The zero-order valence-corrected chi connectivity index (χ0v) is 26.4. The second kappa shape index (κ2) is 12.9. The average Bonchev–Trinajstić information content (AvgIpc) is 3.26. The van der Waals surface area contributed by atoms with Crippen molar-refractivity contribution in [1.29, 1.82) is 0 Å². The number of rotatable bonds is 11. The summed E-state index contributed by atoms with van der Waals surface area (Å²) in [5, 5.41) is 5.95. The molecule has 43 heavy (non-hydrogen) atoms. The monoisotopic (exact) mass is 610 g/mol. The summed E-state index contributed by atoms with van der Waals surface area (Å²) < 4.78 is 32.5. The van der Waals surface area contributed by atoms with Crippen LogP contribution in [0, 0.1) is 0 Å². The van der Waals surface area contributed by atoms with Crippen LogP contribution in [0.15, 0.2) is 66.4 Å². The standard InChI is InChI=1S/C32H42N4O6S/c1-23(19-24(2)37)34-31(3,4)30(39)33-27(21-42-20-25-11-7-6-8-12-25)29(38)35-17-15-32(16-18-35)22-36(43(5,40)41)28-14-10-9-13-26(28)32/h6-14,19,27,34H,15-18,20-22H2,1-5H3,(H,33,39)/b23-19-. The van der Waals surface area contributed by atoms with Gasteiger partial charge in [0, 0.05) is 30.7 Å². The van der Waals surface area contributed by atoms with Crippen LogP contribution in [0.2, 0.25) is 0 Å². The van der Waals surface area contributed by atoms with Crippen LogP contribution >= 0.6 is 0 Å². The first-order chi connectivity index (χ1) is 20.2. The van der Waals surface area contributed by atoms with E-state index in [0.29, 0.717) is 43.9 Å². The van der Waals surface area contributed by atoms with Crippen LogP contribution in [0.4, 0.5) is 5.69 Å². The molecule has 2 N–H and O–H groups in total. The number of nitrogens with one attached hydrogen (secondary N) is 2. The minimum absolute atomic E-state index is 0.0237. The van der Waals surface area contributed by atoms with Crippen molar-refractivity contribution in [2.24, 2.45) is 0 Å². The number of amides is 2. The van der Waals surface area contributed by atoms with Crippen molar-refractivity contribution in [1.82, 2.24) is 15.5 Å². The van der Waals surface area contributed by atoms with E-state index in [2.05, 4.69) is 10.6 Å². The van der Waals surface area contributed by atoms with Crippen LogP contribution < -0.4 is 14.9 Å². The molecule has 1 spiro atoms. The fraction of sp³-hybridized carbons (Fsp3) is 0.469. The van der Waals surface area contributed by atoms with Gasteiger partial charge in [-0.25, -0.2) is 8.42 Å². The highest BCUT2D eigenvalue weighted by Gasteiger charge is 2.48. The van der Waals surface area contributed by atoms with Crippen LogP contribution in [0.1, 0.15) is 51.7 Å². The number of anilines is 1. The Morgan fingerprint density at radius 2 is 1.65 bits per heavy atom. The molecule has 0 bridgehead atoms. The van der Waals surface area contributed by atoms with Crippen molar-refractivity contribution < 1.29 is 27.5 Å². The number of para-hydroxylation sites is 1. The number of hydrogen-bond acceptors (Lipinski definition) is 7. The maximum absolute atomic E-state index is 13.9. The van der Waals surface area contributed by atoms with Gasteiger partial charge in [-0.05, 0) is 63.8 Å². The van der Waals surface area contributed by atoms with E-state index in [0.717, 1.165) is 11.1 Å². The molecule has 0 aromatic heterocycles. The summed E-state index contributed by atoms with van der Waals surface area (Å²) >= 11 is 0. The minimum Gasteiger partial charge on any atom is -0.375 e. The number of hydrogen-bond donors (Lipinski definition) is 2. The highest BCUT2D eigenvalue weighted by Crippen LogP contribution is 2.47. The summed E-state index contributed by atoms with van der Waals surface area (Å²) in [6.45, 7) is 7.94. The molecule has 1 fully saturated rings. The van der Waals surface area contributed by atoms with E-state index < -0.39 is 27.5 Å². The zero-order chi connectivity index (χ0) is 31.4. The van der Waals surface area contributed by atoms with E-state index in [1.807, 2.05) is 54.6 Å². The molecule has 2 amide bonds. The third-order valence-electron chi connectivity index (χ3n) is 8.12. The molecule has 0 saturated carbocycles. The smallest absolute Gasteiger partial charge is 0.247 e. The van der Waals surface area contributed by atoms with Crippen molar-refractivity contribution in [2.45, 2.75) is 64.1 Å². The maximum atomic E-state index is 13.9. The Bertz CT molecular complexity index is 1480. The Kier molecular flexibility index (Phi) is 9.66. The molecular weight excluding hydrogens is 568 g/mol. The number of piperidine rings is 1. The van der Waals surface area contributed by atoms with E-state index >= 15 is 0 Å². The first-order valence-corrected chi connectivity index (χ1v) is 16.3. The summed E-state index contributed by atoms with van der Waals surface area (Å²) in [5.41, 5.74) is 1.69. The number of likely N-dealkylation sites (tertiary alicyclic amines) is 1. The van der Waals surface area contributed by atoms with E-state index in [-0.39, 0.29) is 30.3 Å². The van der Waals surface area contributed by atoms with E-state index in [9.17, 15) is 22.8 Å². The number of ketones is 1.